The second-order valence-corrected chi connectivity index (χ2v) is 6.57. The first-order valence-corrected chi connectivity index (χ1v) is 8.92. The Morgan fingerprint density at radius 2 is 1.96 bits per heavy atom. The van der Waals surface area contributed by atoms with Crippen molar-refractivity contribution < 1.29 is 14.3 Å². The van der Waals surface area contributed by atoms with Crippen molar-refractivity contribution >= 4 is 17.5 Å². The number of hydrogen-bond donors (Lipinski definition) is 0. The van der Waals surface area contributed by atoms with E-state index in [1.165, 1.54) is 4.90 Å². The highest BCUT2D eigenvalue weighted by atomic mass is 32.2. The molecule has 0 aromatic heterocycles. The fraction of sp³-hybridized carbons (Fsp3) is 0.316. The molecular weight excluding hydrogens is 308 g/mol. The lowest BCUT2D eigenvalue weighted by Gasteiger charge is -2.17. The van der Waals surface area contributed by atoms with Crippen LogP contribution in [-0.2, 0) is 0 Å². The molecule has 0 fully saturated rings. The van der Waals surface area contributed by atoms with E-state index in [1.807, 2.05) is 30.0 Å². The van der Waals surface area contributed by atoms with Gasteiger partial charge in [-0.2, -0.15) is 0 Å². The second kappa shape index (κ2) is 8.06. The lowest BCUT2D eigenvalue weighted by molar-refractivity contribution is 0.0933. The zero-order valence-corrected chi connectivity index (χ0v) is 13.8. The quantitative estimate of drug-likeness (QED) is 0.549. The lowest BCUT2D eigenvalue weighted by atomic mass is 10.1. The summed E-state index contributed by atoms with van der Waals surface area (Å²) in [5.41, 5.74) is 0.669. The third-order valence-corrected chi connectivity index (χ3v) is 4.76. The van der Waals surface area contributed by atoms with E-state index in [0.717, 1.165) is 24.3 Å². The Hall–Kier alpha value is -1.94. The first-order valence-electron chi connectivity index (χ1n) is 7.93. The van der Waals surface area contributed by atoms with E-state index < -0.39 is 0 Å². The monoisotopic (exact) mass is 328 g/mol. The van der Waals surface area contributed by atoms with Crippen molar-refractivity contribution in [1.82, 2.24) is 0 Å². The number of ketones is 1. The number of rotatable bonds is 7. The number of hydrogen-bond acceptors (Lipinski definition) is 4. The molecule has 0 saturated carbocycles. The van der Waals surface area contributed by atoms with E-state index in [0.29, 0.717) is 30.9 Å². The molecule has 0 radical (unpaired) electrons. The maximum Gasteiger partial charge on any atom is 0.169 e. The molecule has 1 heterocycles. The van der Waals surface area contributed by atoms with Gasteiger partial charge >= 0.3 is 0 Å². The predicted octanol–water partition coefficient (Wildman–Crippen LogP) is 4.60. The van der Waals surface area contributed by atoms with Crippen molar-refractivity contribution in [2.75, 3.05) is 19.0 Å². The number of thioether (sulfide) groups is 1. The SMILES string of the molecule is O=C1CCOc2cc(OCCCCSc3ccccc3)ccc21. The van der Waals surface area contributed by atoms with Gasteiger partial charge in [-0.25, -0.2) is 0 Å². The molecule has 0 atom stereocenters. The van der Waals surface area contributed by atoms with Crippen LogP contribution < -0.4 is 9.47 Å². The molecule has 4 heteroatoms. The molecule has 0 bridgehead atoms. The topological polar surface area (TPSA) is 35.5 Å². The average Bonchev–Trinajstić information content (AvgIpc) is 2.59. The molecule has 23 heavy (non-hydrogen) atoms. The van der Waals surface area contributed by atoms with Gasteiger partial charge in [0.15, 0.2) is 5.78 Å². The molecule has 0 unspecified atom stereocenters. The fourth-order valence-corrected chi connectivity index (χ4v) is 3.37. The smallest absolute Gasteiger partial charge is 0.169 e. The summed E-state index contributed by atoms with van der Waals surface area (Å²) in [4.78, 5) is 13.0. The molecule has 1 aliphatic rings. The van der Waals surface area contributed by atoms with E-state index in [-0.39, 0.29) is 5.78 Å². The summed E-state index contributed by atoms with van der Waals surface area (Å²) in [5.74, 6) is 2.66. The van der Waals surface area contributed by atoms with Gasteiger partial charge in [-0.15, -0.1) is 11.8 Å². The summed E-state index contributed by atoms with van der Waals surface area (Å²) in [6.07, 6.45) is 2.59. The van der Waals surface area contributed by atoms with Crippen LogP contribution in [0.4, 0.5) is 0 Å². The summed E-state index contributed by atoms with van der Waals surface area (Å²) < 4.78 is 11.3. The van der Waals surface area contributed by atoms with Crippen molar-refractivity contribution in [3.05, 3.63) is 54.1 Å². The summed E-state index contributed by atoms with van der Waals surface area (Å²) in [6.45, 7) is 1.15. The van der Waals surface area contributed by atoms with Crippen LogP contribution in [0.2, 0.25) is 0 Å². The van der Waals surface area contributed by atoms with Crippen molar-refractivity contribution in [1.29, 1.82) is 0 Å². The summed E-state index contributed by atoms with van der Waals surface area (Å²) >= 11 is 1.87. The molecule has 1 aliphatic heterocycles. The number of carbonyl (C=O) groups excluding carboxylic acids is 1. The number of fused-ring (bicyclic) bond motifs is 1. The molecule has 0 amide bonds. The van der Waals surface area contributed by atoms with E-state index in [4.69, 9.17) is 9.47 Å². The third kappa shape index (κ3) is 4.52. The molecule has 0 N–H and O–H groups in total. The van der Waals surface area contributed by atoms with Gasteiger partial charge in [0.05, 0.1) is 18.8 Å². The molecule has 120 valence electrons. The van der Waals surface area contributed by atoms with E-state index in [9.17, 15) is 4.79 Å². The molecule has 0 spiro atoms. The van der Waals surface area contributed by atoms with Crippen LogP contribution in [0.3, 0.4) is 0 Å². The van der Waals surface area contributed by atoms with Gasteiger partial charge < -0.3 is 9.47 Å². The van der Waals surface area contributed by atoms with Crippen molar-refractivity contribution in [2.24, 2.45) is 0 Å². The minimum absolute atomic E-state index is 0.149. The predicted molar refractivity (Wildman–Crippen MR) is 92.8 cm³/mol. The minimum Gasteiger partial charge on any atom is -0.493 e. The van der Waals surface area contributed by atoms with E-state index in [2.05, 4.69) is 24.3 Å². The standard InChI is InChI=1S/C19H20O3S/c20-18-10-12-22-19-14-15(8-9-17(18)19)21-11-4-5-13-23-16-6-2-1-3-7-16/h1-3,6-9,14H,4-5,10-13H2. The van der Waals surface area contributed by atoms with E-state index >= 15 is 0 Å². The molecule has 0 saturated heterocycles. The van der Waals surface area contributed by atoms with E-state index in [1.54, 1.807) is 6.07 Å². The van der Waals surface area contributed by atoms with Crippen LogP contribution in [0.1, 0.15) is 29.6 Å². The maximum atomic E-state index is 11.7. The van der Waals surface area contributed by atoms with Crippen LogP contribution in [-0.4, -0.2) is 24.7 Å². The van der Waals surface area contributed by atoms with Crippen LogP contribution in [0.15, 0.2) is 53.4 Å². The van der Waals surface area contributed by atoms with Gasteiger partial charge in [0.1, 0.15) is 11.5 Å². The first-order chi connectivity index (χ1) is 11.3. The van der Waals surface area contributed by atoms with Crippen LogP contribution >= 0.6 is 11.8 Å². The van der Waals surface area contributed by atoms with Crippen molar-refractivity contribution in [3.63, 3.8) is 0 Å². The first kappa shape index (κ1) is 15.9. The molecule has 3 nitrogen and oxygen atoms in total. The summed E-state index contributed by atoms with van der Waals surface area (Å²) in [7, 11) is 0. The number of benzene rings is 2. The Kier molecular flexibility index (Phi) is 5.59. The molecule has 2 aromatic rings. The van der Waals surface area contributed by atoms with Gasteiger partial charge in [0.2, 0.25) is 0 Å². The Balaban J connectivity index is 1.38. The van der Waals surface area contributed by atoms with Crippen LogP contribution in [0, 0.1) is 0 Å². The normalized spacial score (nSPS) is 13.3. The number of carbonyl (C=O) groups is 1. The molecular formula is C19H20O3S. The molecule has 2 aromatic carbocycles. The fourth-order valence-electron chi connectivity index (χ4n) is 2.43. The Labute approximate surface area is 141 Å². The Morgan fingerprint density at radius 3 is 2.83 bits per heavy atom. The van der Waals surface area contributed by atoms with Crippen LogP contribution in [0.5, 0.6) is 11.5 Å². The van der Waals surface area contributed by atoms with Gasteiger partial charge in [-0.1, -0.05) is 18.2 Å². The highest BCUT2D eigenvalue weighted by molar-refractivity contribution is 7.99. The van der Waals surface area contributed by atoms with Crippen LogP contribution in [0.25, 0.3) is 0 Å². The maximum absolute atomic E-state index is 11.7. The minimum atomic E-state index is 0.149. The summed E-state index contributed by atoms with van der Waals surface area (Å²) in [6, 6.07) is 15.9. The highest BCUT2D eigenvalue weighted by Gasteiger charge is 2.18. The third-order valence-electron chi connectivity index (χ3n) is 3.66. The van der Waals surface area contributed by atoms with Crippen molar-refractivity contribution in [3.8, 4) is 11.5 Å². The zero-order chi connectivity index (χ0) is 15.9. The summed E-state index contributed by atoms with van der Waals surface area (Å²) in [5, 5.41) is 0. The number of Topliss-reactive ketones (excluding diaryl/α,β-unsaturated/α-hetero) is 1. The van der Waals surface area contributed by atoms with Gasteiger partial charge in [-0.3, -0.25) is 4.79 Å². The largest absolute Gasteiger partial charge is 0.493 e. The second-order valence-electron chi connectivity index (χ2n) is 5.40. The average molecular weight is 328 g/mol. The highest BCUT2D eigenvalue weighted by Crippen LogP contribution is 2.29. The lowest BCUT2D eigenvalue weighted by Crippen LogP contribution is -2.15. The molecule has 0 aliphatic carbocycles. The zero-order valence-electron chi connectivity index (χ0n) is 13.0. The van der Waals surface area contributed by atoms with Crippen molar-refractivity contribution in [2.45, 2.75) is 24.2 Å². The van der Waals surface area contributed by atoms with Gasteiger partial charge in [0, 0.05) is 17.4 Å². The molecule has 3 rings (SSSR count). The van der Waals surface area contributed by atoms with Gasteiger partial charge in [0.25, 0.3) is 0 Å². The Bertz CT molecular complexity index is 655. The number of ether oxygens (including phenoxy) is 2. The Morgan fingerprint density at radius 1 is 1.09 bits per heavy atom. The van der Waals surface area contributed by atoms with Gasteiger partial charge in [-0.05, 0) is 42.9 Å². The number of unbranched alkanes of at least 4 members (excludes halogenated alkanes) is 1.